The third-order valence-electron chi connectivity index (χ3n) is 3.97. The van der Waals surface area contributed by atoms with Crippen LogP contribution in [0.5, 0.6) is 5.75 Å². The maximum Gasteiger partial charge on any atom is 0.252 e. The summed E-state index contributed by atoms with van der Waals surface area (Å²) in [6.45, 7) is 1.92. The van der Waals surface area contributed by atoms with Gasteiger partial charge in [-0.05, 0) is 11.5 Å². The van der Waals surface area contributed by atoms with Crippen LogP contribution in [-0.2, 0) is 0 Å². The van der Waals surface area contributed by atoms with Crippen LogP contribution < -0.4 is 10.6 Å². The summed E-state index contributed by atoms with van der Waals surface area (Å²) >= 11 is 0. The molecule has 0 aromatic heterocycles. The SMILES string of the molecule is C[N+]1(Oc2c(C(N)=O)ccc3ccccc23)CCCC1. The Kier molecular flexibility index (Phi) is 3.10. The monoisotopic (exact) mass is 271 g/mol. The van der Waals surface area contributed by atoms with Crippen molar-refractivity contribution < 1.29 is 14.3 Å². The molecule has 4 nitrogen and oxygen atoms in total. The molecule has 2 N–H and O–H groups in total. The molecule has 4 heteroatoms. The Balaban J connectivity index is 2.14. The molecule has 0 atom stereocenters. The summed E-state index contributed by atoms with van der Waals surface area (Å²) in [7, 11) is 2.06. The van der Waals surface area contributed by atoms with Crippen LogP contribution in [0.1, 0.15) is 23.2 Å². The molecule has 1 fully saturated rings. The lowest BCUT2D eigenvalue weighted by Crippen LogP contribution is -2.44. The number of primary amides is 1. The molecular weight excluding hydrogens is 252 g/mol. The van der Waals surface area contributed by atoms with Crippen molar-refractivity contribution in [1.82, 2.24) is 0 Å². The molecule has 1 aliphatic rings. The van der Waals surface area contributed by atoms with E-state index in [1.807, 2.05) is 30.3 Å². The van der Waals surface area contributed by atoms with E-state index in [-0.39, 0.29) is 0 Å². The van der Waals surface area contributed by atoms with Crippen molar-refractivity contribution in [1.29, 1.82) is 0 Å². The number of nitrogens with zero attached hydrogens (tertiary/aromatic N) is 1. The van der Waals surface area contributed by atoms with Gasteiger partial charge in [-0.25, -0.2) is 0 Å². The highest BCUT2D eigenvalue weighted by Crippen LogP contribution is 2.33. The van der Waals surface area contributed by atoms with Gasteiger partial charge >= 0.3 is 0 Å². The number of hydroxylamine groups is 3. The van der Waals surface area contributed by atoms with Crippen LogP contribution in [-0.4, -0.2) is 30.7 Å². The van der Waals surface area contributed by atoms with Gasteiger partial charge in [-0.1, -0.05) is 30.3 Å². The number of carbonyl (C=O) groups is 1. The summed E-state index contributed by atoms with van der Waals surface area (Å²) in [5, 5.41) is 1.99. The number of likely N-dealkylation sites (tertiary alicyclic amines) is 1. The van der Waals surface area contributed by atoms with Crippen LogP contribution in [0.3, 0.4) is 0 Å². The van der Waals surface area contributed by atoms with E-state index >= 15 is 0 Å². The molecular formula is C16H19N2O2+. The Hall–Kier alpha value is -2.07. The Bertz CT molecular complexity index is 661. The van der Waals surface area contributed by atoms with Crippen molar-refractivity contribution in [3.63, 3.8) is 0 Å². The van der Waals surface area contributed by atoms with Crippen LogP contribution in [0.15, 0.2) is 36.4 Å². The van der Waals surface area contributed by atoms with Gasteiger partial charge in [-0.15, -0.1) is 4.65 Å². The highest BCUT2D eigenvalue weighted by Gasteiger charge is 2.32. The predicted octanol–water partition coefficient (Wildman–Crippen LogP) is 2.47. The average molecular weight is 271 g/mol. The molecule has 0 unspecified atom stereocenters. The number of hydrogen-bond donors (Lipinski definition) is 1. The molecule has 1 saturated heterocycles. The van der Waals surface area contributed by atoms with Gasteiger partial charge in [0.25, 0.3) is 5.91 Å². The molecule has 0 aliphatic carbocycles. The van der Waals surface area contributed by atoms with Crippen molar-refractivity contribution in [2.45, 2.75) is 12.8 Å². The standard InChI is InChI=1S/C16H18N2O2/c1-18(10-4-5-11-18)20-15-13-7-3-2-6-12(13)8-9-14(15)16(17)19/h2-3,6-9H,4-5,10-11H2,1H3,(H-,17,19)/p+1. The van der Waals surface area contributed by atoms with Crippen molar-refractivity contribution in [3.8, 4) is 5.75 Å². The molecule has 1 aliphatic heterocycles. The normalized spacial score (nSPS) is 17.2. The third-order valence-corrected chi connectivity index (χ3v) is 3.97. The van der Waals surface area contributed by atoms with E-state index in [1.54, 1.807) is 6.07 Å². The van der Waals surface area contributed by atoms with E-state index in [1.165, 1.54) is 0 Å². The quantitative estimate of drug-likeness (QED) is 0.872. The summed E-state index contributed by atoms with van der Waals surface area (Å²) in [5.74, 6) is 0.163. The Morgan fingerprint density at radius 1 is 1.15 bits per heavy atom. The highest BCUT2D eigenvalue weighted by molar-refractivity contribution is 6.03. The summed E-state index contributed by atoms with van der Waals surface area (Å²) in [5.41, 5.74) is 5.95. The second kappa shape index (κ2) is 4.80. The van der Waals surface area contributed by atoms with Crippen LogP contribution in [0, 0.1) is 0 Å². The van der Waals surface area contributed by atoms with Gasteiger partial charge in [0.1, 0.15) is 20.1 Å². The second-order valence-corrected chi connectivity index (χ2v) is 5.57. The minimum absolute atomic E-state index is 0.448. The second-order valence-electron chi connectivity index (χ2n) is 5.57. The summed E-state index contributed by atoms with van der Waals surface area (Å²) < 4.78 is 0.508. The fourth-order valence-corrected chi connectivity index (χ4v) is 2.85. The van der Waals surface area contributed by atoms with Gasteiger partial charge in [0.15, 0.2) is 0 Å². The van der Waals surface area contributed by atoms with E-state index in [0.29, 0.717) is 16.0 Å². The van der Waals surface area contributed by atoms with Crippen molar-refractivity contribution in [3.05, 3.63) is 42.0 Å². The predicted molar refractivity (Wildman–Crippen MR) is 78.2 cm³/mol. The number of benzene rings is 2. The smallest absolute Gasteiger partial charge is 0.252 e. The van der Waals surface area contributed by atoms with E-state index in [0.717, 1.165) is 36.7 Å². The van der Waals surface area contributed by atoms with E-state index in [2.05, 4.69) is 7.05 Å². The number of carbonyl (C=O) groups excluding carboxylic acids is 1. The minimum Gasteiger partial charge on any atom is -0.365 e. The van der Waals surface area contributed by atoms with E-state index < -0.39 is 5.91 Å². The Labute approximate surface area is 118 Å². The molecule has 1 heterocycles. The van der Waals surface area contributed by atoms with Crippen molar-refractivity contribution >= 4 is 16.7 Å². The van der Waals surface area contributed by atoms with Gasteiger partial charge in [0.05, 0.1) is 5.56 Å². The molecule has 0 bridgehead atoms. The summed E-state index contributed by atoms with van der Waals surface area (Å²) in [4.78, 5) is 17.9. The topological polar surface area (TPSA) is 52.3 Å². The van der Waals surface area contributed by atoms with Crippen LogP contribution >= 0.6 is 0 Å². The maximum absolute atomic E-state index is 11.7. The zero-order chi connectivity index (χ0) is 14.2. The fourth-order valence-electron chi connectivity index (χ4n) is 2.85. The molecule has 2 aromatic carbocycles. The fraction of sp³-hybridized carbons (Fsp3) is 0.312. The lowest BCUT2D eigenvalue weighted by Gasteiger charge is -2.28. The number of fused-ring (bicyclic) bond motifs is 1. The summed E-state index contributed by atoms with van der Waals surface area (Å²) in [6.07, 6.45) is 2.29. The van der Waals surface area contributed by atoms with Crippen LogP contribution in [0.2, 0.25) is 0 Å². The minimum atomic E-state index is -0.448. The highest BCUT2D eigenvalue weighted by atomic mass is 16.7. The van der Waals surface area contributed by atoms with E-state index in [9.17, 15) is 4.79 Å². The number of rotatable bonds is 3. The molecule has 0 radical (unpaired) electrons. The lowest BCUT2D eigenvalue weighted by molar-refractivity contribution is -1.05. The molecule has 3 rings (SSSR count). The zero-order valence-corrected chi connectivity index (χ0v) is 11.6. The first kappa shape index (κ1) is 12.9. The van der Waals surface area contributed by atoms with E-state index in [4.69, 9.17) is 10.6 Å². The molecule has 20 heavy (non-hydrogen) atoms. The maximum atomic E-state index is 11.7. The number of hydrogen-bond acceptors (Lipinski definition) is 2. The number of amides is 1. The van der Waals surface area contributed by atoms with Gasteiger partial charge in [-0.3, -0.25) is 4.79 Å². The van der Waals surface area contributed by atoms with Gasteiger partial charge in [-0.2, -0.15) is 0 Å². The average Bonchev–Trinajstić information content (AvgIpc) is 2.85. The lowest BCUT2D eigenvalue weighted by atomic mass is 10.1. The number of quaternary nitrogens is 1. The molecule has 2 aromatic rings. The van der Waals surface area contributed by atoms with Gasteiger partial charge in [0.2, 0.25) is 5.75 Å². The Morgan fingerprint density at radius 2 is 1.85 bits per heavy atom. The first-order chi connectivity index (χ1) is 9.59. The first-order valence-corrected chi connectivity index (χ1v) is 6.95. The van der Waals surface area contributed by atoms with Gasteiger partial charge < -0.3 is 10.6 Å². The molecule has 1 amide bonds. The van der Waals surface area contributed by atoms with Crippen molar-refractivity contribution in [2.75, 3.05) is 20.1 Å². The zero-order valence-electron chi connectivity index (χ0n) is 11.6. The Morgan fingerprint density at radius 3 is 2.55 bits per heavy atom. The first-order valence-electron chi connectivity index (χ1n) is 6.95. The van der Waals surface area contributed by atoms with Gasteiger partial charge in [0, 0.05) is 18.2 Å². The van der Waals surface area contributed by atoms with Crippen molar-refractivity contribution in [2.24, 2.45) is 5.73 Å². The van der Waals surface area contributed by atoms with Crippen LogP contribution in [0.25, 0.3) is 10.8 Å². The molecule has 0 spiro atoms. The largest absolute Gasteiger partial charge is 0.365 e. The molecule has 0 saturated carbocycles. The number of nitrogens with two attached hydrogens (primary N) is 1. The summed E-state index contributed by atoms with van der Waals surface area (Å²) in [6, 6.07) is 11.6. The van der Waals surface area contributed by atoms with Crippen LogP contribution in [0.4, 0.5) is 0 Å². The molecule has 104 valence electrons. The third kappa shape index (κ3) is 2.23.